The van der Waals surface area contributed by atoms with Crippen molar-refractivity contribution in [1.82, 2.24) is 14.8 Å². The van der Waals surface area contributed by atoms with Crippen molar-refractivity contribution in [1.29, 1.82) is 0 Å². The van der Waals surface area contributed by atoms with Crippen molar-refractivity contribution in [3.63, 3.8) is 0 Å². The Labute approximate surface area is 128 Å². The molecule has 2 aromatic heterocycles. The molecular formula is C17H17FN4. The summed E-state index contributed by atoms with van der Waals surface area (Å²) in [5.74, 6) is -0.219. The van der Waals surface area contributed by atoms with E-state index in [9.17, 15) is 4.39 Å². The van der Waals surface area contributed by atoms with Crippen molar-refractivity contribution in [3.05, 3.63) is 66.0 Å². The Morgan fingerprint density at radius 2 is 1.91 bits per heavy atom. The van der Waals surface area contributed by atoms with E-state index in [-0.39, 0.29) is 5.82 Å². The summed E-state index contributed by atoms with van der Waals surface area (Å²) in [7, 11) is 1.88. The van der Waals surface area contributed by atoms with E-state index in [2.05, 4.69) is 15.4 Å². The van der Waals surface area contributed by atoms with Crippen molar-refractivity contribution < 1.29 is 4.39 Å². The predicted octanol–water partition coefficient (Wildman–Crippen LogP) is 3.54. The minimum Gasteiger partial charge on any atom is -0.378 e. The van der Waals surface area contributed by atoms with Crippen LogP contribution in [0, 0.1) is 12.7 Å². The van der Waals surface area contributed by atoms with E-state index >= 15 is 0 Å². The fourth-order valence-electron chi connectivity index (χ4n) is 2.28. The average Bonchev–Trinajstić information content (AvgIpc) is 2.86. The van der Waals surface area contributed by atoms with Crippen molar-refractivity contribution in [2.75, 3.05) is 5.32 Å². The minimum atomic E-state index is -0.219. The molecule has 0 radical (unpaired) electrons. The van der Waals surface area contributed by atoms with Crippen LogP contribution in [-0.2, 0) is 13.6 Å². The van der Waals surface area contributed by atoms with Crippen LogP contribution in [0.4, 0.5) is 10.1 Å². The lowest BCUT2D eigenvalue weighted by Gasteiger charge is -2.09. The molecule has 0 aliphatic heterocycles. The molecule has 0 bridgehead atoms. The van der Waals surface area contributed by atoms with E-state index in [0.29, 0.717) is 12.1 Å². The summed E-state index contributed by atoms with van der Waals surface area (Å²) in [6, 6.07) is 9.02. The summed E-state index contributed by atoms with van der Waals surface area (Å²) < 4.78 is 16.1. The Hall–Kier alpha value is -2.69. The molecule has 0 spiro atoms. The fraction of sp³-hybridized carbons (Fsp3) is 0.176. The molecule has 4 nitrogen and oxygen atoms in total. The first kappa shape index (κ1) is 14.3. The maximum atomic E-state index is 14.3. The molecule has 0 unspecified atom stereocenters. The Morgan fingerprint density at radius 3 is 2.55 bits per heavy atom. The summed E-state index contributed by atoms with van der Waals surface area (Å²) in [6.07, 6.45) is 5.15. The standard InChI is InChI=1S/C17H17FN4/c1-12-17(11-21-22(12)2)20-10-15-4-3-14(9-16(15)18)13-5-7-19-8-6-13/h3-9,11,20H,10H2,1-2H3. The molecule has 0 amide bonds. The quantitative estimate of drug-likeness (QED) is 0.800. The van der Waals surface area contributed by atoms with Crippen molar-refractivity contribution in [3.8, 4) is 11.1 Å². The van der Waals surface area contributed by atoms with E-state index in [4.69, 9.17) is 0 Å². The van der Waals surface area contributed by atoms with Crippen LogP contribution in [0.15, 0.2) is 48.9 Å². The highest BCUT2D eigenvalue weighted by Crippen LogP contribution is 2.22. The second-order valence-corrected chi connectivity index (χ2v) is 5.16. The summed E-state index contributed by atoms with van der Waals surface area (Å²) >= 11 is 0. The maximum absolute atomic E-state index is 14.3. The lowest BCUT2D eigenvalue weighted by molar-refractivity contribution is 0.613. The van der Waals surface area contributed by atoms with Crippen LogP contribution in [0.3, 0.4) is 0 Å². The van der Waals surface area contributed by atoms with Gasteiger partial charge in [-0.05, 0) is 36.2 Å². The van der Waals surface area contributed by atoms with Gasteiger partial charge in [0, 0.05) is 31.5 Å². The van der Waals surface area contributed by atoms with Gasteiger partial charge in [0.2, 0.25) is 0 Å². The number of nitrogens with one attached hydrogen (secondary N) is 1. The first-order valence-corrected chi connectivity index (χ1v) is 7.06. The maximum Gasteiger partial charge on any atom is 0.128 e. The number of pyridine rings is 1. The van der Waals surface area contributed by atoms with Gasteiger partial charge in [0.05, 0.1) is 17.6 Å². The van der Waals surface area contributed by atoms with Gasteiger partial charge in [-0.15, -0.1) is 0 Å². The molecular weight excluding hydrogens is 279 g/mol. The highest BCUT2D eigenvalue weighted by Gasteiger charge is 2.07. The molecule has 22 heavy (non-hydrogen) atoms. The third-order valence-corrected chi connectivity index (χ3v) is 3.77. The van der Waals surface area contributed by atoms with Gasteiger partial charge in [-0.1, -0.05) is 12.1 Å². The van der Waals surface area contributed by atoms with Crippen LogP contribution >= 0.6 is 0 Å². The van der Waals surface area contributed by atoms with Crippen LogP contribution in [-0.4, -0.2) is 14.8 Å². The average molecular weight is 296 g/mol. The zero-order valence-corrected chi connectivity index (χ0v) is 12.5. The molecule has 0 saturated heterocycles. The molecule has 1 aromatic carbocycles. The molecule has 2 heterocycles. The molecule has 0 aliphatic rings. The van der Waals surface area contributed by atoms with Gasteiger partial charge in [-0.3, -0.25) is 9.67 Å². The Balaban J connectivity index is 1.77. The molecule has 0 fully saturated rings. The Bertz CT molecular complexity index is 781. The van der Waals surface area contributed by atoms with Crippen LogP contribution < -0.4 is 5.32 Å². The fourth-order valence-corrected chi connectivity index (χ4v) is 2.28. The summed E-state index contributed by atoms with van der Waals surface area (Å²) in [5, 5.41) is 7.38. The third kappa shape index (κ3) is 2.83. The Morgan fingerprint density at radius 1 is 1.14 bits per heavy atom. The number of nitrogens with zero attached hydrogens (tertiary/aromatic N) is 3. The molecule has 0 atom stereocenters. The van der Waals surface area contributed by atoms with Gasteiger partial charge < -0.3 is 5.32 Å². The van der Waals surface area contributed by atoms with E-state index in [1.165, 1.54) is 0 Å². The largest absolute Gasteiger partial charge is 0.378 e. The minimum absolute atomic E-state index is 0.219. The highest BCUT2D eigenvalue weighted by atomic mass is 19.1. The summed E-state index contributed by atoms with van der Waals surface area (Å²) in [5.41, 5.74) is 4.37. The molecule has 5 heteroatoms. The number of aryl methyl sites for hydroxylation is 1. The van der Waals surface area contributed by atoms with Gasteiger partial charge in [0.1, 0.15) is 5.82 Å². The zero-order valence-electron chi connectivity index (χ0n) is 12.5. The zero-order chi connectivity index (χ0) is 15.5. The van der Waals surface area contributed by atoms with E-state index < -0.39 is 0 Å². The SMILES string of the molecule is Cc1c(NCc2ccc(-c3ccncc3)cc2F)cnn1C. The lowest BCUT2D eigenvalue weighted by atomic mass is 10.0. The van der Waals surface area contributed by atoms with Gasteiger partial charge >= 0.3 is 0 Å². The topological polar surface area (TPSA) is 42.7 Å². The first-order chi connectivity index (χ1) is 10.6. The van der Waals surface area contributed by atoms with Crippen molar-refractivity contribution in [2.45, 2.75) is 13.5 Å². The molecule has 0 aliphatic carbocycles. The molecule has 3 rings (SSSR count). The number of halogens is 1. The summed E-state index contributed by atoms with van der Waals surface area (Å²) in [6.45, 7) is 2.40. The number of aromatic nitrogens is 3. The second kappa shape index (κ2) is 5.97. The number of hydrogen-bond donors (Lipinski definition) is 1. The van der Waals surface area contributed by atoms with E-state index in [0.717, 1.165) is 22.5 Å². The third-order valence-electron chi connectivity index (χ3n) is 3.77. The smallest absolute Gasteiger partial charge is 0.128 e. The van der Waals surface area contributed by atoms with Crippen LogP contribution in [0.25, 0.3) is 11.1 Å². The van der Waals surface area contributed by atoms with Crippen molar-refractivity contribution in [2.24, 2.45) is 7.05 Å². The highest BCUT2D eigenvalue weighted by molar-refractivity contribution is 5.63. The van der Waals surface area contributed by atoms with E-state index in [1.807, 2.05) is 38.2 Å². The van der Waals surface area contributed by atoms with Crippen LogP contribution in [0.1, 0.15) is 11.3 Å². The molecule has 1 N–H and O–H groups in total. The van der Waals surface area contributed by atoms with Crippen molar-refractivity contribution >= 4 is 5.69 Å². The van der Waals surface area contributed by atoms with E-state index in [1.54, 1.807) is 29.3 Å². The van der Waals surface area contributed by atoms with Crippen LogP contribution in [0.5, 0.6) is 0 Å². The number of rotatable bonds is 4. The van der Waals surface area contributed by atoms with Gasteiger partial charge in [-0.2, -0.15) is 5.10 Å². The lowest BCUT2D eigenvalue weighted by Crippen LogP contribution is -2.03. The van der Waals surface area contributed by atoms with Gasteiger partial charge in [0.15, 0.2) is 0 Å². The van der Waals surface area contributed by atoms with Gasteiger partial charge in [0.25, 0.3) is 0 Å². The number of anilines is 1. The van der Waals surface area contributed by atoms with Gasteiger partial charge in [-0.25, -0.2) is 4.39 Å². The number of benzene rings is 1. The van der Waals surface area contributed by atoms with Crippen LogP contribution in [0.2, 0.25) is 0 Å². The molecule has 0 saturated carbocycles. The second-order valence-electron chi connectivity index (χ2n) is 5.16. The summed E-state index contributed by atoms with van der Waals surface area (Å²) in [4.78, 5) is 3.97. The Kier molecular flexibility index (Phi) is 3.87. The first-order valence-electron chi connectivity index (χ1n) is 7.06. The predicted molar refractivity (Wildman–Crippen MR) is 84.9 cm³/mol. The monoisotopic (exact) mass is 296 g/mol. The normalized spacial score (nSPS) is 10.7. The molecule has 3 aromatic rings. The molecule has 112 valence electrons. The number of hydrogen-bond acceptors (Lipinski definition) is 3.